The molecular formula is C28H37B3ClNO+. The summed E-state index contributed by atoms with van der Waals surface area (Å²) in [6, 6.07) is 21.4. The quantitative estimate of drug-likeness (QED) is 0.466. The number of halogens is 1. The molecule has 5 aliphatic rings. The van der Waals surface area contributed by atoms with Gasteiger partial charge in [-0.15, -0.1) is 0 Å². The van der Waals surface area contributed by atoms with Crippen LogP contribution in [-0.2, 0) is 10.3 Å². The summed E-state index contributed by atoms with van der Waals surface area (Å²) >= 11 is 5.83. The van der Waals surface area contributed by atoms with Gasteiger partial charge in [0, 0.05) is 19.8 Å². The monoisotopic (exact) mass is 471 g/mol. The number of benzene rings is 2. The highest BCUT2D eigenvalue weighted by Crippen LogP contribution is 2.64. The highest BCUT2D eigenvalue weighted by Gasteiger charge is 2.65. The maximum Gasteiger partial charge on any atom is 0.550 e. The van der Waals surface area contributed by atoms with Gasteiger partial charge in [0.25, 0.3) is 0 Å². The van der Waals surface area contributed by atoms with Crippen molar-refractivity contribution >= 4 is 33.2 Å². The predicted molar refractivity (Wildman–Crippen MR) is 145 cm³/mol. The molecule has 3 radical (unpaired) electrons. The largest absolute Gasteiger partial charge is 0.550 e. The van der Waals surface area contributed by atoms with E-state index in [1.165, 1.54) is 24.0 Å². The maximum atomic E-state index is 6.77. The van der Waals surface area contributed by atoms with Gasteiger partial charge in [-0.3, -0.25) is 0 Å². The van der Waals surface area contributed by atoms with E-state index in [9.17, 15) is 0 Å². The molecule has 2 aromatic rings. The molecule has 5 fully saturated rings. The molecular weight excluding hydrogens is 434 g/mol. The third-order valence-electron chi connectivity index (χ3n) is 10.1. The number of nitrogens with zero attached hydrogens (tertiary/aromatic N) is 1. The summed E-state index contributed by atoms with van der Waals surface area (Å²) in [7, 11) is 6.78. The van der Waals surface area contributed by atoms with Crippen molar-refractivity contribution in [3.8, 4) is 0 Å². The Morgan fingerprint density at radius 1 is 1.03 bits per heavy atom. The molecule has 0 N–H and O–H groups in total. The second-order valence-corrected chi connectivity index (χ2v) is 12.1. The highest BCUT2D eigenvalue weighted by atomic mass is 35.5. The van der Waals surface area contributed by atoms with E-state index in [2.05, 4.69) is 88.3 Å². The van der Waals surface area contributed by atoms with Crippen LogP contribution in [0.4, 0.5) is 0 Å². The average molecular weight is 471 g/mol. The van der Waals surface area contributed by atoms with Gasteiger partial charge in [-0.25, -0.2) is 11.5 Å². The minimum Gasteiger partial charge on any atom is -0.437 e. The van der Waals surface area contributed by atoms with Gasteiger partial charge in [0.1, 0.15) is 0 Å². The Bertz CT molecular complexity index is 950. The fraction of sp³-hybridized carbons (Fsp3) is 0.571. The molecule has 3 saturated carbocycles. The number of hydrogen-bond donors (Lipinski definition) is 0. The maximum absolute atomic E-state index is 6.77. The summed E-state index contributed by atoms with van der Waals surface area (Å²) in [6.07, 6.45) is 5.05. The van der Waals surface area contributed by atoms with Crippen LogP contribution in [-0.4, -0.2) is 38.6 Å². The van der Waals surface area contributed by atoms with Gasteiger partial charge in [0.05, 0.1) is 6.04 Å². The van der Waals surface area contributed by atoms with Crippen molar-refractivity contribution in [2.45, 2.75) is 70.7 Å². The third kappa shape index (κ3) is 3.64. The van der Waals surface area contributed by atoms with Gasteiger partial charge in [-0.1, -0.05) is 87.9 Å². The summed E-state index contributed by atoms with van der Waals surface area (Å²) in [5.41, 5.74) is 2.60. The van der Waals surface area contributed by atoms with Crippen molar-refractivity contribution in [1.29, 1.82) is 0 Å². The fourth-order valence-corrected chi connectivity index (χ4v) is 8.12. The predicted octanol–water partition coefficient (Wildman–Crippen LogP) is 6.48. The Labute approximate surface area is 214 Å². The minimum absolute atomic E-state index is 0.00733. The first-order valence-electron chi connectivity index (χ1n) is 13.1. The zero-order valence-corrected chi connectivity index (χ0v) is 21.9. The first kappa shape index (κ1) is 24.5. The molecule has 3 aliphatic carbocycles. The Hall–Kier alpha value is -1.16. The molecule has 0 aromatic heterocycles. The van der Waals surface area contributed by atoms with E-state index in [-0.39, 0.29) is 13.1 Å². The second-order valence-electron chi connectivity index (χ2n) is 11.8. The van der Waals surface area contributed by atoms with Gasteiger partial charge in [-0.2, -0.15) is 0 Å². The summed E-state index contributed by atoms with van der Waals surface area (Å²) < 4.78 is 7.17. The highest BCUT2D eigenvalue weighted by molar-refractivity contribution is 6.94. The third-order valence-corrected chi connectivity index (χ3v) is 10.4. The van der Waals surface area contributed by atoms with Crippen LogP contribution in [0.25, 0.3) is 0 Å². The standard InChI is InChI=1S/C18H20B2NO.C10H17BCl/c1-20-21(19)14-8-13-17(21)18(22-20,15-9-4-2-5-10-15)16-11-6-3-7-12-16;1-6-8-4-7(10(8,2)3)5-9(6)11-12/h2-7,9-12,17H,8,13-14H2,1H3;6-9H,4-5H2,1-3H3/q+1;/t17-,21?;6-,7+,8-,9-/m11/s1. The molecule has 2 saturated heterocycles. The summed E-state index contributed by atoms with van der Waals surface area (Å²) in [5, 5.41) is 0. The zero-order valence-electron chi connectivity index (χ0n) is 21.2. The lowest BCUT2D eigenvalue weighted by Crippen LogP contribution is -2.55. The van der Waals surface area contributed by atoms with Gasteiger partial charge < -0.3 is 8.96 Å². The minimum atomic E-state index is -0.437. The smallest absolute Gasteiger partial charge is 0.437 e. The average Bonchev–Trinajstić information content (AvgIpc) is 3.35. The number of quaternary nitrogens is 1. The van der Waals surface area contributed by atoms with Crippen LogP contribution < -0.4 is 0 Å². The number of rotatable bonds is 3. The topological polar surface area (TPSA) is 9.23 Å². The lowest BCUT2D eigenvalue weighted by molar-refractivity contribution is -0.716. The molecule has 175 valence electrons. The number of fused-ring (bicyclic) bond motifs is 3. The van der Waals surface area contributed by atoms with E-state index in [1.54, 1.807) is 0 Å². The van der Waals surface area contributed by atoms with Crippen molar-refractivity contribution < 1.29 is 8.96 Å². The Balaban J connectivity index is 0.000000169. The van der Waals surface area contributed by atoms with E-state index in [1.807, 2.05) is 6.69 Å². The van der Waals surface area contributed by atoms with Gasteiger partial charge in [0.15, 0.2) is 5.60 Å². The summed E-state index contributed by atoms with van der Waals surface area (Å²) in [5.74, 6) is 3.36. The first-order valence-corrected chi connectivity index (χ1v) is 13.6. The Kier molecular flexibility index (Phi) is 6.53. The first-order chi connectivity index (χ1) is 16.2. The summed E-state index contributed by atoms with van der Waals surface area (Å²) in [4.78, 5) is 0. The molecule has 2 aromatic carbocycles. The van der Waals surface area contributed by atoms with Crippen LogP contribution in [0, 0.1) is 23.2 Å². The molecule has 2 nitrogen and oxygen atoms in total. The van der Waals surface area contributed by atoms with E-state index < -0.39 is 5.60 Å². The molecule has 34 heavy (non-hydrogen) atoms. The molecule has 1 unspecified atom stereocenters. The molecule has 6 heteroatoms. The molecule has 2 heterocycles. The Morgan fingerprint density at radius 3 is 2.12 bits per heavy atom. The zero-order chi connectivity index (χ0) is 24.1. The van der Waals surface area contributed by atoms with Gasteiger partial charge >= 0.3 is 15.0 Å². The van der Waals surface area contributed by atoms with Crippen molar-refractivity contribution in [3.63, 3.8) is 0 Å². The van der Waals surface area contributed by atoms with Crippen LogP contribution >= 0.6 is 11.5 Å². The van der Waals surface area contributed by atoms with E-state index in [0.717, 1.165) is 37.1 Å². The molecule has 6 atom stereocenters. The lowest BCUT2D eigenvalue weighted by Gasteiger charge is -2.62. The van der Waals surface area contributed by atoms with Crippen molar-refractivity contribution in [2.75, 3.05) is 6.54 Å². The van der Waals surface area contributed by atoms with Crippen LogP contribution in [0.15, 0.2) is 60.7 Å². The van der Waals surface area contributed by atoms with E-state index in [0.29, 0.717) is 15.5 Å². The molecule has 2 bridgehead atoms. The van der Waals surface area contributed by atoms with Crippen LogP contribution in [0.2, 0.25) is 12.6 Å². The van der Waals surface area contributed by atoms with Crippen LogP contribution in [0.3, 0.4) is 0 Å². The Morgan fingerprint density at radius 2 is 1.62 bits per heavy atom. The lowest BCUT2D eigenvalue weighted by atomic mass is 9.41. The van der Waals surface area contributed by atoms with Gasteiger partial charge in [0.2, 0.25) is 6.69 Å². The molecule has 0 amide bonds. The molecule has 0 spiro atoms. The second kappa shape index (κ2) is 9.05. The van der Waals surface area contributed by atoms with E-state index in [4.69, 9.17) is 24.1 Å². The van der Waals surface area contributed by atoms with E-state index >= 15 is 0 Å². The van der Waals surface area contributed by atoms with Gasteiger partial charge in [-0.05, 0) is 53.0 Å². The normalized spacial score (nSPS) is 36.6. The summed E-state index contributed by atoms with van der Waals surface area (Å²) in [6.45, 7) is 12.2. The molecule has 2 aliphatic heterocycles. The number of hydrogen-bond acceptors (Lipinski definition) is 1. The van der Waals surface area contributed by atoms with Crippen molar-refractivity contribution in [3.05, 3.63) is 71.8 Å². The van der Waals surface area contributed by atoms with Crippen LogP contribution in [0.5, 0.6) is 0 Å². The SMILES string of the molecule is C[C@H]1[C@H]([B]Cl)C[C@@H]2C[C@H]1C2(C)C.[B][N+]12CCC[C@@H]1C(c1ccccc1)(c1ccccc1)OB2C. The van der Waals surface area contributed by atoms with Crippen molar-refractivity contribution in [1.82, 2.24) is 0 Å². The van der Waals surface area contributed by atoms with Crippen LogP contribution in [0.1, 0.15) is 57.6 Å². The molecule has 7 rings (SSSR count). The van der Waals surface area contributed by atoms with Crippen molar-refractivity contribution in [2.24, 2.45) is 23.2 Å². The fourth-order valence-electron chi connectivity index (χ4n) is 7.79.